The summed E-state index contributed by atoms with van der Waals surface area (Å²) < 4.78 is 16.6. The summed E-state index contributed by atoms with van der Waals surface area (Å²) >= 11 is 0. The van der Waals surface area contributed by atoms with E-state index in [1.54, 1.807) is 18.2 Å². The van der Waals surface area contributed by atoms with Crippen molar-refractivity contribution in [2.75, 3.05) is 13.9 Å². The van der Waals surface area contributed by atoms with Gasteiger partial charge < -0.3 is 19.2 Å². The van der Waals surface area contributed by atoms with E-state index in [9.17, 15) is 9.59 Å². The van der Waals surface area contributed by atoms with Crippen molar-refractivity contribution in [2.45, 2.75) is 0 Å². The van der Waals surface area contributed by atoms with Gasteiger partial charge in [-0.15, -0.1) is 0 Å². The number of rotatable bonds is 2. The van der Waals surface area contributed by atoms with Crippen LogP contribution in [-0.2, 0) is 4.74 Å². The molecule has 8 nitrogen and oxygen atoms in total. The molecule has 1 N–H and O–H groups in total. The van der Waals surface area contributed by atoms with E-state index in [0.29, 0.717) is 28.4 Å². The monoisotopic (exact) mass is 313 g/mol. The summed E-state index contributed by atoms with van der Waals surface area (Å²) in [6.07, 6.45) is 1.37. The van der Waals surface area contributed by atoms with E-state index in [2.05, 4.69) is 14.7 Å². The Morgan fingerprint density at radius 3 is 2.96 bits per heavy atom. The van der Waals surface area contributed by atoms with Gasteiger partial charge >= 0.3 is 11.7 Å². The van der Waals surface area contributed by atoms with Crippen molar-refractivity contribution in [2.24, 2.45) is 0 Å². The minimum atomic E-state index is -0.518. The molecule has 0 spiro atoms. The quantitative estimate of drug-likeness (QED) is 0.715. The molecule has 1 aromatic carbocycles. The van der Waals surface area contributed by atoms with Crippen molar-refractivity contribution in [1.29, 1.82) is 0 Å². The Labute approximate surface area is 129 Å². The molecule has 1 aliphatic heterocycles. The minimum Gasteiger partial charge on any atom is -0.465 e. The largest absolute Gasteiger partial charge is 0.465 e. The molecule has 0 bridgehead atoms. The average Bonchev–Trinajstić information content (AvgIpc) is 3.15. The highest BCUT2D eigenvalue weighted by atomic mass is 16.7. The Kier molecular flexibility index (Phi) is 2.83. The van der Waals surface area contributed by atoms with Gasteiger partial charge in [-0.25, -0.2) is 19.1 Å². The molecule has 0 saturated heterocycles. The zero-order valence-electron chi connectivity index (χ0n) is 12.0. The van der Waals surface area contributed by atoms with Crippen molar-refractivity contribution < 1.29 is 19.0 Å². The molecule has 0 radical (unpaired) electrons. The first-order valence-corrected chi connectivity index (χ1v) is 6.76. The topological polar surface area (TPSA) is 95.4 Å². The fourth-order valence-electron chi connectivity index (χ4n) is 2.49. The molecule has 0 atom stereocenters. The molecule has 0 unspecified atom stereocenters. The van der Waals surface area contributed by atoms with Crippen molar-refractivity contribution in [3.05, 3.63) is 46.5 Å². The summed E-state index contributed by atoms with van der Waals surface area (Å²) in [5.41, 5.74) is 1.33. The van der Waals surface area contributed by atoms with E-state index < -0.39 is 5.97 Å². The van der Waals surface area contributed by atoms with Crippen molar-refractivity contribution in [1.82, 2.24) is 14.5 Å². The maximum atomic E-state index is 12.3. The third kappa shape index (κ3) is 2.03. The highest BCUT2D eigenvalue weighted by molar-refractivity contribution is 5.92. The molecule has 1 aliphatic rings. The molecule has 0 fully saturated rings. The lowest BCUT2D eigenvalue weighted by Gasteiger charge is -2.04. The third-order valence-corrected chi connectivity index (χ3v) is 3.56. The first kappa shape index (κ1) is 13.4. The average molecular weight is 313 g/mol. The lowest BCUT2D eigenvalue weighted by Crippen LogP contribution is -2.14. The van der Waals surface area contributed by atoms with Crippen LogP contribution < -0.4 is 15.2 Å². The smallest absolute Gasteiger partial charge is 0.339 e. The van der Waals surface area contributed by atoms with Crippen molar-refractivity contribution in [3.63, 3.8) is 0 Å². The van der Waals surface area contributed by atoms with Gasteiger partial charge in [0, 0.05) is 12.3 Å². The predicted molar refractivity (Wildman–Crippen MR) is 79.2 cm³/mol. The number of fused-ring (bicyclic) bond motifs is 2. The zero-order chi connectivity index (χ0) is 16.0. The number of H-pyrrole nitrogens is 1. The lowest BCUT2D eigenvalue weighted by molar-refractivity contribution is 0.0600. The van der Waals surface area contributed by atoms with E-state index in [4.69, 9.17) is 9.47 Å². The molecule has 3 heterocycles. The Hall–Kier alpha value is -3.29. The minimum absolute atomic E-state index is 0.155. The van der Waals surface area contributed by atoms with Gasteiger partial charge in [-0.2, -0.15) is 0 Å². The molecule has 23 heavy (non-hydrogen) atoms. The highest BCUT2D eigenvalue weighted by Crippen LogP contribution is 2.33. The molecule has 3 aromatic rings. The second kappa shape index (κ2) is 4.87. The van der Waals surface area contributed by atoms with Gasteiger partial charge in [-0.1, -0.05) is 0 Å². The summed E-state index contributed by atoms with van der Waals surface area (Å²) in [7, 11) is 1.28. The van der Waals surface area contributed by atoms with Crippen molar-refractivity contribution in [3.8, 4) is 17.2 Å². The molecular formula is C15H11N3O5. The Balaban J connectivity index is 1.89. The normalized spacial score (nSPS) is 12.6. The molecule has 4 rings (SSSR count). The fourth-order valence-corrected chi connectivity index (χ4v) is 2.49. The molecule has 2 aromatic heterocycles. The van der Waals surface area contributed by atoms with Crippen LogP contribution in [0.25, 0.3) is 16.9 Å². The Morgan fingerprint density at radius 2 is 2.13 bits per heavy atom. The summed E-state index contributed by atoms with van der Waals surface area (Å²) in [6, 6.07) is 6.69. The number of ether oxygens (including phenoxy) is 3. The first-order valence-electron chi connectivity index (χ1n) is 6.76. The summed E-state index contributed by atoms with van der Waals surface area (Å²) in [5.74, 6) is 0.675. The van der Waals surface area contributed by atoms with Crippen LogP contribution in [0.5, 0.6) is 11.5 Å². The molecule has 8 heteroatoms. The van der Waals surface area contributed by atoms with E-state index in [1.807, 2.05) is 0 Å². The van der Waals surface area contributed by atoms with Gasteiger partial charge in [0.15, 0.2) is 17.1 Å². The number of methoxy groups -OCH3 is 1. The number of esters is 1. The van der Waals surface area contributed by atoms with Crippen LogP contribution >= 0.6 is 0 Å². The molecule has 0 aliphatic carbocycles. The predicted octanol–water partition coefficient (Wildman–Crippen LogP) is 1.23. The van der Waals surface area contributed by atoms with Gasteiger partial charge in [-0.05, 0) is 18.2 Å². The maximum absolute atomic E-state index is 12.3. The van der Waals surface area contributed by atoms with Crippen LogP contribution in [0.15, 0.2) is 35.3 Å². The number of carbonyl (C=O) groups excluding carboxylic acids is 1. The van der Waals surface area contributed by atoms with Gasteiger partial charge in [0.05, 0.1) is 23.9 Å². The van der Waals surface area contributed by atoms with Gasteiger partial charge in [-0.3, -0.25) is 0 Å². The van der Waals surface area contributed by atoms with Crippen LogP contribution in [0.4, 0.5) is 0 Å². The number of benzene rings is 1. The zero-order valence-corrected chi connectivity index (χ0v) is 12.0. The second-order valence-corrected chi connectivity index (χ2v) is 4.89. The van der Waals surface area contributed by atoms with E-state index in [0.717, 1.165) is 0 Å². The molecule has 0 saturated carbocycles. The van der Waals surface area contributed by atoms with Crippen LogP contribution in [0, 0.1) is 0 Å². The number of hydrogen-bond acceptors (Lipinski definition) is 6. The number of nitrogens with zero attached hydrogens (tertiary/aromatic N) is 2. The summed E-state index contributed by atoms with van der Waals surface area (Å²) in [5, 5.41) is 0. The first-order chi connectivity index (χ1) is 11.2. The Morgan fingerprint density at radius 1 is 1.30 bits per heavy atom. The molecule has 0 amide bonds. The van der Waals surface area contributed by atoms with Gasteiger partial charge in [0.25, 0.3) is 0 Å². The highest BCUT2D eigenvalue weighted by Gasteiger charge is 2.17. The number of aromatic nitrogens is 3. The second-order valence-electron chi connectivity index (χ2n) is 4.89. The van der Waals surface area contributed by atoms with Gasteiger partial charge in [0.1, 0.15) is 0 Å². The molecular weight excluding hydrogens is 302 g/mol. The van der Waals surface area contributed by atoms with Gasteiger partial charge in [0.2, 0.25) is 6.79 Å². The van der Waals surface area contributed by atoms with E-state index in [1.165, 1.54) is 23.9 Å². The fraction of sp³-hybridized carbons (Fsp3) is 0.133. The number of pyridine rings is 1. The summed E-state index contributed by atoms with van der Waals surface area (Å²) in [6.45, 7) is 0.155. The standard InChI is InChI=1S/C15H11N3O5/c1-21-14(19)8-4-10-13(16-6-8)18(15(20)17-10)9-2-3-11-12(5-9)23-7-22-11/h2-6H,7H2,1H3,(H,17,20). The number of carbonyl (C=O) groups is 1. The SMILES string of the molecule is COC(=O)c1cnc2c(c1)[nH]c(=O)n2-c1ccc2c(c1)OCO2. The van der Waals surface area contributed by atoms with Crippen LogP contribution in [0.3, 0.4) is 0 Å². The van der Waals surface area contributed by atoms with E-state index >= 15 is 0 Å². The summed E-state index contributed by atoms with van der Waals surface area (Å²) in [4.78, 5) is 30.7. The van der Waals surface area contributed by atoms with E-state index in [-0.39, 0.29) is 18.0 Å². The Bertz CT molecular complexity index is 988. The molecule has 116 valence electrons. The van der Waals surface area contributed by atoms with Crippen LogP contribution in [-0.4, -0.2) is 34.4 Å². The number of hydrogen-bond donors (Lipinski definition) is 1. The maximum Gasteiger partial charge on any atom is 0.339 e. The van der Waals surface area contributed by atoms with Crippen LogP contribution in [0.2, 0.25) is 0 Å². The number of nitrogens with one attached hydrogen (secondary N) is 1. The third-order valence-electron chi connectivity index (χ3n) is 3.56. The van der Waals surface area contributed by atoms with Crippen LogP contribution in [0.1, 0.15) is 10.4 Å². The number of imidazole rings is 1. The number of aromatic amines is 1. The van der Waals surface area contributed by atoms with Crippen molar-refractivity contribution >= 4 is 17.1 Å². The lowest BCUT2D eigenvalue weighted by atomic mass is 10.2.